The molecule has 1 aliphatic heterocycles. The van der Waals surface area contributed by atoms with Crippen LogP contribution in [0.1, 0.15) is 34.9 Å². The summed E-state index contributed by atoms with van der Waals surface area (Å²) in [5.41, 5.74) is 5.32. The molecule has 7 rings (SSSR count). The number of furan rings is 1. The van der Waals surface area contributed by atoms with Crippen molar-refractivity contribution in [1.29, 1.82) is 0 Å². The Bertz CT molecular complexity index is 2120. The maximum Gasteiger partial charge on any atom is 0.271 e. The lowest BCUT2D eigenvalue weighted by Gasteiger charge is -2.31. The molecular weight excluding hydrogens is 574 g/mol. The van der Waals surface area contributed by atoms with Gasteiger partial charge in [0.05, 0.1) is 33.3 Å². The van der Waals surface area contributed by atoms with E-state index in [1.165, 1.54) is 35.1 Å². The number of hydrogen-bond acceptors (Lipinski definition) is 7. The first-order valence-electron chi connectivity index (χ1n) is 13.2. The van der Waals surface area contributed by atoms with Crippen molar-refractivity contribution in [2.75, 3.05) is 7.11 Å². The first kappa shape index (κ1) is 26.2. The van der Waals surface area contributed by atoms with Crippen molar-refractivity contribution in [1.82, 2.24) is 4.57 Å². The van der Waals surface area contributed by atoms with E-state index >= 15 is 0 Å². The largest absolute Gasteiger partial charge is 0.496 e. The molecule has 42 heavy (non-hydrogen) atoms. The van der Waals surface area contributed by atoms with Crippen LogP contribution in [0.5, 0.6) is 5.75 Å². The average Bonchev–Trinajstić information content (AvgIpc) is 3.60. The van der Waals surface area contributed by atoms with Crippen molar-refractivity contribution >= 4 is 40.4 Å². The number of nitrogens with zero attached hydrogens (tertiary/aromatic N) is 3. The van der Waals surface area contributed by atoms with Crippen molar-refractivity contribution in [3.8, 4) is 17.1 Å². The van der Waals surface area contributed by atoms with E-state index in [4.69, 9.17) is 25.7 Å². The zero-order valence-electron chi connectivity index (χ0n) is 22.2. The van der Waals surface area contributed by atoms with E-state index in [0.717, 1.165) is 35.2 Å². The summed E-state index contributed by atoms with van der Waals surface area (Å²) in [7, 11) is 1.64. The van der Waals surface area contributed by atoms with Crippen molar-refractivity contribution in [2.24, 2.45) is 4.99 Å². The number of halogens is 1. The van der Waals surface area contributed by atoms with Crippen LogP contribution in [0.4, 0.5) is 5.69 Å². The second-order valence-corrected chi connectivity index (χ2v) is 11.4. The van der Waals surface area contributed by atoms with Gasteiger partial charge in [-0.1, -0.05) is 65.4 Å². The number of nitro groups is 1. The zero-order valence-corrected chi connectivity index (χ0v) is 23.8. The number of allylic oxidation sites excluding steroid dienone is 1. The maximum atomic E-state index is 14.1. The highest BCUT2D eigenvalue weighted by atomic mass is 35.5. The van der Waals surface area contributed by atoms with Gasteiger partial charge >= 0.3 is 0 Å². The molecule has 0 saturated heterocycles. The van der Waals surface area contributed by atoms with Gasteiger partial charge < -0.3 is 9.15 Å². The Morgan fingerprint density at radius 2 is 1.88 bits per heavy atom. The SMILES string of the molecule is COc1ccccc1[C@@H]1C2=C(N=c3s/c(=C\c4ccc(-c5cc([N+](=O)[O-])ccc5Cl)o4)c(=O)n31)c1ccccc1CC2. The summed E-state index contributed by atoms with van der Waals surface area (Å²) in [4.78, 5) is 30.5. The van der Waals surface area contributed by atoms with E-state index in [-0.39, 0.29) is 17.3 Å². The molecule has 0 radical (unpaired) electrons. The number of thiazole rings is 1. The predicted molar refractivity (Wildman–Crippen MR) is 162 cm³/mol. The molecule has 5 aromatic rings. The summed E-state index contributed by atoms with van der Waals surface area (Å²) in [6.45, 7) is 0. The number of fused-ring (bicyclic) bond motifs is 3. The Labute approximate surface area is 248 Å². The van der Waals surface area contributed by atoms with Crippen molar-refractivity contribution in [3.05, 3.63) is 142 Å². The quantitative estimate of drug-likeness (QED) is 0.179. The number of hydrogen-bond donors (Lipinski definition) is 0. The molecule has 0 unspecified atom stereocenters. The molecule has 0 N–H and O–H groups in total. The third-order valence-corrected chi connectivity index (χ3v) is 8.95. The molecule has 3 heterocycles. The molecule has 10 heteroatoms. The van der Waals surface area contributed by atoms with Gasteiger partial charge in [-0.3, -0.25) is 19.5 Å². The fraction of sp³-hybridized carbons (Fsp3) is 0.125. The molecule has 8 nitrogen and oxygen atoms in total. The Kier molecular flexibility index (Phi) is 6.41. The molecule has 2 aliphatic rings. The first-order valence-corrected chi connectivity index (χ1v) is 14.4. The summed E-state index contributed by atoms with van der Waals surface area (Å²) < 4.78 is 13.9. The number of para-hydroxylation sites is 1. The lowest BCUT2D eigenvalue weighted by molar-refractivity contribution is -0.384. The zero-order chi connectivity index (χ0) is 29.0. The Morgan fingerprint density at radius 1 is 1.07 bits per heavy atom. The predicted octanol–water partition coefficient (Wildman–Crippen LogP) is 6.15. The van der Waals surface area contributed by atoms with Gasteiger partial charge in [-0.25, -0.2) is 4.99 Å². The van der Waals surface area contributed by atoms with Gasteiger partial charge in [0.1, 0.15) is 17.3 Å². The molecule has 0 bridgehead atoms. The van der Waals surface area contributed by atoms with Crippen LogP contribution in [-0.4, -0.2) is 16.6 Å². The van der Waals surface area contributed by atoms with Crippen molar-refractivity contribution in [3.63, 3.8) is 0 Å². The smallest absolute Gasteiger partial charge is 0.271 e. The summed E-state index contributed by atoms with van der Waals surface area (Å²) in [5.74, 6) is 1.48. The number of rotatable bonds is 5. The van der Waals surface area contributed by atoms with E-state index < -0.39 is 4.92 Å². The Balaban J connectivity index is 1.40. The normalized spacial score (nSPS) is 16.0. The van der Waals surface area contributed by atoms with E-state index in [9.17, 15) is 14.9 Å². The lowest BCUT2D eigenvalue weighted by atomic mass is 9.83. The number of nitro benzene ring substituents is 1. The number of aryl methyl sites for hydroxylation is 1. The monoisotopic (exact) mass is 595 g/mol. The highest BCUT2D eigenvalue weighted by Crippen LogP contribution is 2.43. The topological polar surface area (TPSA) is 99.9 Å². The average molecular weight is 596 g/mol. The molecular formula is C32H22ClN3O5S. The maximum absolute atomic E-state index is 14.1. The molecule has 208 valence electrons. The number of aromatic nitrogens is 1. The van der Waals surface area contributed by atoms with Crippen LogP contribution in [0, 0.1) is 10.1 Å². The molecule has 0 saturated carbocycles. The van der Waals surface area contributed by atoms with E-state index in [1.807, 2.05) is 36.4 Å². The minimum absolute atomic E-state index is 0.0949. The third-order valence-electron chi connectivity index (χ3n) is 7.63. The standard InChI is InChI=1S/C32H22ClN3O5S/c1-40-26-9-5-4-8-22(26)30-23-13-10-18-6-2-3-7-21(18)29(23)34-32-35(30)31(37)28(42-32)17-20-12-15-27(41-20)24-16-19(36(38)39)11-14-25(24)33/h2-9,11-12,14-17,30H,10,13H2,1H3/b28-17-/t30-/m1/s1. The van der Waals surface area contributed by atoms with Crippen LogP contribution >= 0.6 is 22.9 Å². The third kappa shape index (κ3) is 4.29. The van der Waals surface area contributed by atoms with E-state index in [2.05, 4.69) is 12.1 Å². The van der Waals surface area contributed by atoms with Gasteiger partial charge in [0.15, 0.2) is 4.80 Å². The number of methoxy groups -OCH3 is 1. The van der Waals surface area contributed by atoms with E-state index in [0.29, 0.717) is 37.2 Å². The molecule has 1 atom stereocenters. The van der Waals surface area contributed by atoms with Crippen molar-refractivity contribution < 1.29 is 14.1 Å². The van der Waals surface area contributed by atoms with Gasteiger partial charge in [0.2, 0.25) is 0 Å². The van der Waals surface area contributed by atoms with Crippen LogP contribution in [0.25, 0.3) is 23.1 Å². The van der Waals surface area contributed by atoms with Crippen LogP contribution < -0.4 is 19.6 Å². The number of ether oxygens (including phenoxy) is 1. The number of non-ortho nitro benzene ring substituents is 1. The van der Waals surface area contributed by atoms with Gasteiger partial charge in [0, 0.05) is 34.9 Å². The first-order chi connectivity index (χ1) is 20.4. The molecule has 0 spiro atoms. The lowest BCUT2D eigenvalue weighted by Crippen LogP contribution is -2.38. The molecule has 1 aliphatic carbocycles. The fourth-order valence-electron chi connectivity index (χ4n) is 5.71. The van der Waals surface area contributed by atoms with Crippen LogP contribution in [-0.2, 0) is 6.42 Å². The summed E-state index contributed by atoms with van der Waals surface area (Å²) >= 11 is 7.61. The van der Waals surface area contributed by atoms with Gasteiger partial charge in [-0.15, -0.1) is 0 Å². The summed E-state index contributed by atoms with van der Waals surface area (Å²) in [6.07, 6.45) is 3.30. The molecule has 3 aromatic carbocycles. The molecule has 0 fully saturated rings. The van der Waals surface area contributed by atoms with E-state index in [1.54, 1.807) is 29.9 Å². The Hall–Kier alpha value is -4.73. The van der Waals surface area contributed by atoms with Crippen LogP contribution in [0.15, 0.2) is 98.6 Å². The summed E-state index contributed by atoms with van der Waals surface area (Å²) in [6, 6.07) is 23.2. The van der Waals surface area contributed by atoms with Gasteiger partial charge in [0.25, 0.3) is 11.2 Å². The summed E-state index contributed by atoms with van der Waals surface area (Å²) in [5, 5.41) is 11.6. The highest BCUT2D eigenvalue weighted by Gasteiger charge is 2.34. The van der Waals surface area contributed by atoms with Gasteiger partial charge in [-0.2, -0.15) is 0 Å². The van der Waals surface area contributed by atoms with Crippen molar-refractivity contribution in [2.45, 2.75) is 18.9 Å². The second-order valence-electron chi connectivity index (χ2n) is 9.98. The van der Waals surface area contributed by atoms with Crippen LogP contribution in [0.3, 0.4) is 0 Å². The number of benzene rings is 3. The van der Waals surface area contributed by atoms with Gasteiger partial charge in [-0.05, 0) is 48.2 Å². The minimum atomic E-state index is -0.486. The fourth-order valence-corrected chi connectivity index (χ4v) is 6.90. The van der Waals surface area contributed by atoms with Crippen LogP contribution in [0.2, 0.25) is 5.02 Å². The molecule has 2 aromatic heterocycles. The Morgan fingerprint density at radius 3 is 2.71 bits per heavy atom. The molecule has 0 amide bonds. The highest BCUT2D eigenvalue weighted by molar-refractivity contribution is 7.07. The second kappa shape index (κ2) is 10.3. The minimum Gasteiger partial charge on any atom is -0.496 e.